The van der Waals surface area contributed by atoms with Gasteiger partial charge in [0.05, 0.1) is 33.0 Å². The van der Waals surface area contributed by atoms with E-state index < -0.39 is 36.7 Å². The molecule has 0 aromatic heterocycles. The number of carbonyl (C=O) groups excluding carboxylic acids is 1. The summed E-state index contributed by atoms with van der Waals surface area (Å²) in [5.74, 6) is 2.15. The molecule has 1 heterocycles. The van der Waals surface area contributed by atoms with E-state index >= 15 is 0 Å². The first-order chi connectivity index (χ1) is 23.2. The van der Waals surface area contributed by atoms with Crippen LogP contribution in [0.15, 0.2) is 121 Å². The van der Waals surface area contributed by atoms with Crippen LogP contribution >= 0.6 is 0 Å². The molecular formula is C40H42O7. The zero-order valence-electron chi connectivity index (χ0n) is 26.5. The molecule has 7 heteroatoms. The van der Waals surface area contributed by atoms with Crippen molar-refractivity contribution in [1.29, 1.82) is 0 Å². The van der Waals surface area contributed by atoms with Crippen molar-refractivity contribution in [3.63, 3.8) is 0 Å². The number of terminal acetylenes is 1. The van der Waals surface area contributed by atoms with Crippen molar-refractivity contribution < 1.29 is 33.2 Å². The van der Waals surface area contributed by atoms with Crippen molar-refractivity contribution in [2.24, 2.45) is 0 Å². The molecule has 7 nitrogen and oxygen atoms in total. The van der Waals surface area contributed by atoms with Gasteiger partial charge in [-0.2, -0.15) is 0 Å². The lowest BCUT2D eigenvalue weighted by molar-refractivity contribution is -0.320. The number of rotatable bonds is 17. The first-order valence-electron chi connectivity index (χ1n) is 16.1. The molecule has 1 aliphatic rings. The maximum absolute atomic E-state index is 13.1. The van der Waals surface area contributed by atoms with Crippen molar-refractivity contribution in [3.05, 3.63) is 144 Å². The third-order valence-electron chi connectivity index (χ3n) is 7.79. The molecule has 0 N–H and O–H groups in total. The molecule has 0 spiro atoms. The lowest BCUT2D eigenvalue weighted by atomic mass is 9.97. The summed E-state index contributed by atoms with van der Waals surface area (Å²) in [6, 6.07) is 39.6. The lowest BCUT2D eigenvalue weighted by Crippen LogP contribution is -2.62. The van der Waals surface area contributed by atoms with Crippen molar-refractivity contribution in [1.82, 2.24) is 0 Å². The van der Waals surface area contributed by atoms with E-state index in [1.165, 1.54) is 0 Å². The molecule has 244 valence electrons. The Labute approximate surface area is 277 Å². The average Bonchev–Trinajstić information content (AvgIpc) is 3.11. The van der Waals surface area contributed by atoms with E-state index in [1.54, 1.807) is 0 Å². The van der Waals surface area contributed by atoms with Crippen LogP contribution in [0, 0.1) is 12.3 Å². The standard InChI is InChI=1S/C40H42O7/c1-2-3-8-25-36(41)47-40-39(45-29-34-23-15-7-16-24-34)38(44-28-33-21-13-6-14-22-33)37(43-27-32-19-11-5-12-20-32)35(46-40)30-42-26-31-17-9-4-10-18-31/h1,4-7,9-24,35,37-40H,3,8,25-30H2/t35-,37-,38+,39-,40?/m1/s1. The smallest absolute Gasteiger partial charge is 0.308 e. The van der Waals surface area contributed by atoms with Crippen LogP contribution in [0.25, 0.3) is 0 Å². The SMILES string of the molecule is C#CCCCC(=O)OC1O[C@H](COCc2ccccc2)[C@@H](OCc2ccccc2)[C@H](OCc2ccccc2)[C@H]1OCc1ccccc1. The van der Waals surface area contributed by atoms with Gasteiger partial charge in [-0.15, -0.1) is 12.3 Å². The van der Waals surface area contributed by atoms with E-state index in [2.05, 4.69) is 5.92 Å². The van der Waals surface area contributed by atoms with Crippen molar-refractivity contribution in [2.45, 2.75) is 76.4 Å². The summed E-state index contributed by atoms with van der Waals surface area (Å²) in [7, 11) is 0. The first-order valence-corrected chi connectivity index (χ1v) is 16.1. The highest BCUT2D eigenvalue weighted by Gasteiger charge is 2.50. The van der Waals surface area contributed by atoms with E-state index in [1.807, 2.05) is 121 Å². The van der Waals surface area contributed by atoms with Crippen molar-refractivity contribution in [3.8, 4) is 12.3 Å². The van der Waals surface area contributed by atoms with Crippen LogP contribution in [0.3, 0.4) is 0 Å². The third-order valence-corrected chi connectivity index (χ3v) is 7.79. The van der Waals surface area contributed by atoms with E-state index in [4.69, 9.17) is 34.8 Å². The molecule has 4 aromatic carbocycles. The molecule has 1 fully saturated rings. The number of hydrogen-bond donors (Lipinski definition) is 0. The molecule has 0 amide bonds. The Kier molecular flexibility index (Phi) is 13.6. The highest BCUT2D eigenvalue weighted by Crippen LogP contribution is 2.32. The quantitative estimate of drug-likeness (QED) is 0.0702. The second-order valence-corrected chi connectivity index (χ2v) is 11.4. The van der Waals surface area contributed by atoms with Crippen LogP contribution in [0.1, 0.15) is 41.5 Å². The highest BCUT2D eigenvalue weighted by atomic mass is 16.7. The number of benzene rings is 4. The van der Waals surface area contributed by atoms with E-state index in [-0.39, 0.29) is 19.6 Å². The average molecular weight is 635 g/mol. The molecule has 0 aliphatic carbocycles. The van der Waals surface area contributed by atoms with Gasteiger partial charge in [-0.05, 0) is 28.7 Å². The maximum atomic E-state index is 13.1. The van der Waals surface area contributed by atoms with Crippen LogP contribution in [-0.2, 0) is 59.6 Å². The third kappa shape index (κ3) is 10.9. The van der Waals surface area contributed by atoms with Crippen LogP contribution in [0.4, 0.5) is 0 Å². The number of esters is 1. The Balaban J connectivity index is 1.44. The summed E-state index contributed by atoms with van der Waals surface area (Å²) >= 11 is 0. The molecule has 5 atom stereocenters. The zero-order valence-corrected chi connectivity index (χ0v) is 26.5. The fourth-order valence-corrected chi connectivity index (χ4v) is 5.37. The number of carbonyl (C=O) groups is 1. The predicted molar refractivity (Wildman–Crippen MR) is 179 cm³/mol. The Bertz CT molecular complexity index is 1490. The summed E-state index contributed by atoms with van der Waals surface area (Å²) in [6.45, 7) is 1.42. The van der Waals surface area contributed by atoms with Gasteiger partial charge in [0.2, 0.25) is 6.29 Å². The lowest BCUT2D eigenvalue weighted by Gasteiger charge is -2.45. The first kappa shape index (κ1) is 34.1. The number of unbranched alkanes of at least 4 members (excludes halogenated alkanes) is 1. The summed E-state index contributed by atoms with van der Waals surface area (Å²) in [6.07, 6.45) is 2.76. The van der Waals surface area contributed by atoms with Crippen molar-refractivity contribution in [2.75, 3.05) is 6.61 Å². The Morgan fingerprint density at radius 1 is 0.617 bits per heavy atom. The molecule has 5 rings (SSSR count). The molecule has 4 aromatic rings. The van der Waals surface area contributed by atoms with E-state index in [0.717, 1.165) is 22.3 Å². The Morgan fingerprint density at radius 2 is 1.06 bits per heavy atom. The topological polar surface area (TPSA) is 72.5 Å². The fourth-order valence-electron chi connectivity index (χ4n) is 5.37. The molecule has 1 aliphatic heterocycles. The van der Waals surface area contributed by atoms with Gasteiger partial charge in [0.15, 0.2) is 0 Å². The van der Waals surface area contributed by atoms with E-state index in [9.17, 15) is 4.79 Å². The minimum Gasteiger partial charge on any atom is -0.433 e. The van der Waals surface area contributed by atoms with Crippen LogP contribution in [0.2, 0.25) is 0 Å². The largest absolute Gasteiger partial charge is 0.433 e. The van der Waals surface area contributed by atoms with Gasteiger partial charge in [0.1, 0.15) is 24.4 Å². The molecule has 0 radical (unpaired) electrons. The number of hydrogen-bond acceptors (Lipinski definition) is 7. The molecule has 1 saturated heterocycles. The minimum absolute atomic E-state index is 0.161. The van der Waals surface area contributed by atoms with Gasteiger partial charge in [-0.1, -0.05) is 121 Å². The van der Waals surface area contributed by atoms with Gasteiger partial charge in [-0.25, -0.2) is 0 Å². The van der Waals surface area contributed by atoms with Gasteiger partial charge < -0.3 is 28.4 Å². The van der Waals surface area contributed by atoms with Crippen LogP contribution < -0.4 is 0 Å². The summed E-state index contributed by atoms with van der Waals surface area (Å²) < 4.78 is 38.5. The molecular weight excluding hydrogens is 592 g/mol. The second kappa shape index (κ2) is 18.8. The predicted octanol–water partition coefficient (Wildman–Crippen LogP) is 7.03. The van der Waals surface area contributed by atoms with Crippen LogP contribution in [0.5, 0.6) is 0 Å². The van der Waals surface area contributed by atoms with E-state index in [0.29, 0.717) is 32.7 Å². The maximum Gasteiger partial charge on any atom is 0.308 e. The normalized spacial score (nSPS) is 20.7. The van der Waals surface area contributed by atoms with Gasteiger partial charge in [0.25, 0.3) is 0 Å². The van der Waals surface area contributed by atoms with Crippen molar-refractivity contribution >= 4 is 5.97 Å². The minimum atomic E-state index is -1.07. The Morgan fingerprint density at radius 3 is 1.55 bits per heavy atom. The Hall–Kier alpha value is -4.29. The second-order valence-electron chi connectivity index (χ2n) is 11.4. The molecule has 47 heavy (non-hydrogen) atoms. The van der Waals surface area contributed by atoms with Crippen LogP contribution in [-0.4, -0.2) is 43.3 Å². The molecule has 1 unspecified atom stereocenters. The fraction of sp³-hybridized carbons (Fsp3) is 0.325. The summed E-state index contributed by atoms with van der Waals surface area (Å²) in [4.78, 5) is 13.1. The monoisotopic (exact) mass is 634 g/mol. The van der Waals surface area contributed by atoms with Gasteiger partial charge in [-0.3, -0.25) is 4.79 Å². The highest BCUT2D eigenvalue weighted by molar-refractivity contribution is 5.69. The molecule has 0 bridgehead atoms. The summed E-state index contributed by atoms with van der Waals surface area (Å²) in [5.41, 5.74) is 3.98. The number of ether oxygens (including phenoxy) is 6. The van der Waals surface area contributed by atoms with Gasteiger partial charge in [0, 0.05) is 12.8 Å². The van der Waals surface area contributed by atoms with Gasteiger partial charge >= 0.3 is 5.97 Å². The molecule has 0 saturated carbocycles. The summed E-state index contributed by atoms with van der Waals surface area (Å²) in [5, 5.41) is 0. The zero-order chi connectivity index (χ0) is 32.5.